The van der Waals surface area contributed by atoms with Gasteiger partial charge in [0.25, 0.3) is 5.91 Å². The van der Waals surface area contributed by atoms with Crippen LogP contribution in [0.5, 0.6) is 5.75 Å². The molecule has 2 fully saturated rings. The monoisotopic (exact) mass is 563 g/mol. The Balaban J connectivity index is 1.40. The molecule has 1 amide bonds. The van der Waals surface area contributed by atoms with Gasteiger partial charge in [0, 0.05) is 11.4 Å². The summed E-state index contributed by atoms with van der Waals surface area (Å²) in [6, 6.07) is 8.29. The van der Waals surface area contributed by atoms with Crippen molar-refractivity contribution in [3.8, 4) is 11.4 Å². The number of anilines is 1. The van der Waals surface area contributed by atoms with Gasteiger partial charge in [-0.1, -0.05) is 25.7 Å². The number of carbonyl (C=O) groups is 1. The Morgan fingerprint density at radius 2 is 1.85 bits per heavy atom. The highest BCUT2D eigenvalue weighted by Gasteiger charge is 2.58. The highest BCUT2D eigenvalue weighted by Crippen LogP contribution is 2.46. The molecule has 1 aliphatic carbocycles. The lowest BCUT2D eigenvalue weighted by molar-refractivity contribution is -0.123. The lowest BCUT2D eigenvalue weighted by Gasteiger charge is -2.44. The van der Waals surface area contributed by atoms with Gasteiger partial charge in [-0.05, 0) is 55.7 Å². The molecule has 2 aliphatic heterocycles. The molecule has 1 saturated carbocycles. The predicted molar refractivity (Wildman–Crippen MR) is 152 cm³/mol. The quantitative estimate of drug-likeness (QED) is 0.425. The molecule has 11 heteroatoms. The molecule has 3 heterocycles. The molecular weight excluding hydrogens is 532 g/mol. The highest BCUT2D eigenvalue weighted by atomic mass is 28.3. The minimum absolute atomic E-state index is 0.126. The van der Waals surface area contributed by atoms with Crippen LogP contribution in [-0.4, -0.2) is 60.2 Å². The summed E-state index contributed by atoms with van der Waals surface area (Å²) in [5, 5.41) is 3.18. The third kappa shape index (κ3) is 4.38. The van der Waals surface area contributed by atoms with Crippen molar-refractivity contribution in [2.45, 2.75) is 44.9 Å². The Hall–Kier alpha value is -3.99. The first-order valence-corrected chi connectivity index (χ1v) is 16.8. The second kappa shape index (κ2) is 9.29. The van der Waals surface area contributed by atoms with Gasteiger partial charge in [0.05, 0.1) is 45.1 Å². The van der Waals surface area contributed by atoms with E-state index in [0.29, 0.717) is 36.7 Å². The zero-order valence-corrected chi connectivity index (χ0v) is 24.2. The SMILES string of the molecule is COc1cc(/C=C2\OCCN3C2=NC2(CC2)C(=O)N3c2cc(F)c([Si](C)(C)C)c(F)c2)ccc1-n1cnc(C)c1. The molecule has 8 nitrogen and oxygen atoms in total. The van der Waals surface area contributed by atoms with Crippen molar-refractivity contribution in [3.05, 3.63) is 71.5 Å². The number of morpholine rings is 1. The Bertz CT molecular complexity index is 1570. The summed E-state index contributed by atoms with van der Waals surface area (Å²) in [6.07, 6.45) is 6.62. The lowest BCUT2D eigenvalue weighted by atomic mass is 10.1. The fraction of sp³-hybridized carbons (Fsp3) is 0.345. The first kappa shape index (κ1) is 26.2. The number of imidazole rings is 1. The molecule has 1 spiro atoms. The maximum atomic E-state index is 15.3. The van der Waals surface area contributed by atoms with E-state index < -0.39 is 25.2 Å². The number of benzene rings is 2. The second-order valence-corrected chi connectivity index (χ2v) is 16.5. The standard InChI is InChI=1S/C29H31F2N5O3Si/c1-18-16-34(17-32-18)23-7-6-19(12-24(23)38-2)13-25-27-33-29(8-9-29)28(37)36(35(27)10-11-39-25)20-14-21(30)26(22(31)15-20)40(3,4)5/h6-7,12-17H,8-11H2,1-5H3/b25-13-. The van der Waals surface area contributed by atoms with Crippen LogP contribution in [0.2, 0.25) is 19.6 Å². The Labute approximate surface area is 232 Å². The molecule has 0 N–H and O–H groups in total. The van der Waals surface area contributed by atoms with Gasteiger partial charge in [-0.25, -0.2) is 23.8 Å². The predicted octanol–water partition coefficient (Wildman–Crippen LogP) is 4.58. The summed E-state index contributed by atoms with van der Waals surface area (Å²) < 4.78 is 44.1. The average molecular weight is 564 g/mol. The molecule has 3 aromatic rings. The summed E-state index contributed by atoms with van der Waals surface area (Å²) in [5.74, 6) is 0.0580. The molecule has 0 bridgehead atoms. The molecule has 0 unspecified atom stereocenters. The van der Waals surface area contributed by atoms with Crippen LogP contribution in [0.4, 0.5) is 14.5 Å². The average Bonchev–Trinajstić information content (AvgIpc) is 3.54. The van der Waals surface area contributed by atoms with Crippen LogP contribution in [0.25, 0.3) is 11.8 Å². The van der Waals surface area contributed by atoms with Crippen LogP contribution in [0.15, 0.2) is 53.6 Å². The van der Waals surface area contributed by atoms with Crippen molar-refractivity contribution < 1.29 is 23.0 Å². The second-order valence-electron chi connectivity index (χ2n) is 11.5. The Morgan fingerprint density at radius 1 is 1.12 bits per heavy atom. The van der Waals surface area contributed by atoms with Crippen LogP contribution in [0, 0.1) is 18.6 Å². The third-order valence-corrected chi connectivity index (χ3v) is 9.39. The number of aromatic nitrogens is 2. The van der Waals surface area contributed by atoms with Crippen LogP contribution in [0.3, 0.4) is 0 Å². The van der Waals surface area contributed by atoms with Gasteiger partial charge in [-0.15, -0.1) is 0 Å². The number of ether oxygens (including phenoxy) is 2. The molecule has 40 heavy (non-hydrogen) atoms. The van der Waals surface area contributed by atoms with Crippen LogP contribution in [0.1, 0.15) is 24.1 Å². The number of methoxy groups -OCH3 is 1. The van der Waals surface area contributed by atoms with Crippen LogP contribution in [-0.2, 0) is 9.53 Å². The highest BCUT2D eigenvalue weighted by molar-refractivity contribution is 6.88. The van der Waals surface area contributed by atoms with E-state index in [1.54, 1.807) is 18.4 Å². The van der Waals surface area contributed by atoms with Crippen molar-refractivity contribution in [3.63, 3.8) is 0 Å². The van der Waals surface area contributed by atoms with E-state index in [-0.39, 0.29) is 23.4 Å². The largest absolute Gasteiger partial charge is 0.495 e. The maximum Gasteiger partial charge on any atom is 0.273 e. The molecular formula is C29H31F2N5O3Si. The number of carbonyl (C=O) groups excluding carboxylic acids is 1. The number of hydrogen-bond donors (Lipinski definition) is 0. The molecule has 1 saturated heterocycles. The van der Waals surface area contributed by atoms with Crippen molar-refractivity contribution in [2.24, 2.45) is 4.99 Å². The van der Waals surface area contributed by atoms with Gasteiger partial charge in [0.2, 0.25) is 0 Å². The van der Waals surface area contributed by atoms with Gasteiger partial charge in [0.1, 0.15) is 29.5 Å². The van der Waals surface area contributed by atoms with E-state index in [0.717, 1.165) is 16.9 Å². The minimum Gasteiger partial charge on any atom is -0.495 e. The normalized spacial score (nSPS) is 19.0. The van der Waals surface area contributed by atoms with Crippen LogP contribution < -0.4 is 14.9 Å². The van der Waals surface area contributed by atoms with Gasteiger partial charge >= 0.3 is 0 Å². The van der Waals surface area contributed by atoms with Gasteiger partial charge < -0.3 is 14.0 Å². The number of fused-ring (bicyclic) bond motifs is 1. The summed E-state index contributed by atoms with van der Waals surface area (Å²) in [7, 11) is -0.678. The first-order chi connectivity index (χ1) is 19.0. The fourth-order valence-corrected chi connectivity index (χ4v) is 6.89. The first-order valence-electron chi connectivity index (χ1n) is 13.3. The number of amidine groups is 1. The maximum absolute atomic E-state index is 15.3. The van der Waals surface area contributed by atoms with E-state index in [9.17, 15) is 4.79 Å². The van der Waals surface area contributed by atoms with E-state index in [2.05, 4.69) is 4.98 Å². The molecule has 3 aliphatic rings. The number of hydrazine groups is 1. The molecule has 6 rings (SSSR count). The smallest absolute Gasteiger partial charge is 0.273 e. The number of halogens is 2. The molecule has 208 valence electrons. The van der Waals surface area contributed by atoms with Gasteiger partial charge in [-0.3, -0.25) is 9.80 Å². The number of aliphatic imine (C=N–C) groups is 1. The Kier molecular flexibility index (Phi) is 6.10. The molecule has 0 atom stereocenters. The van der Waals surface area contributed by atoms with Crippen molar-refractivity contribution in [2.75, 3.05) is 25.3 Å². The van der Waals surface area contributed by atoms with E-state index in [4.69, 9.17) is 14.5 Å². The van der Waals surface area contributed by atoms with E-state index >= 15 is 8.78 Å². The topological polar surface area (TPSA) is 72.2 Å². The molecule has 0 radical (unpaired) electrons. The Morgan fingerprint density at radius 3 is 2.45 bits per heavy atom. The number of aryl methyl sites for hydroxylation is 1. The minimum atomic E-state index is -2.28. The fourth-order valence-electron chi connectivity index (χ4n) is 5.31. The summed E-state index contributed by atoms with van der Waals surface area (Å²) in [6.45, 7) is 8.16. The van der Waals surface area contributed by atoms with Crippen LogP contribution >= 0.6 is 0 Å². The summed E-state index contributed by atoms with van der Waals surface area (Å²) in [4.78, 5) is 22.8. The molecule has 1 aromatic heterocycles. The third-order valence-electron chi connectivity index (χ3n) is 7.41. The van der Waals surface area contributed by atoms with Crippen molar-refractivity contribution >= 4 is 36.8 Å². The molecule has 2 aromatic carbocycles. The number of rotatable bonds is 5. The number of amides is 1. The van der Waals surface area contributed by atoms with Gasteiger partial charge in [0.15, 0.2) is 11.6 Å². The van der Waals surface area contributed by atoms with Crippen molar-refractivity contribution in [1.82, 2.24) is 14.6 Å². The zero-order valence-electron chi connectivity index (χ0n) is 23.2. The zero-order chi connectivity index (χ0) is 28.4. The number of nitrogens with zero attached hydrogens (tertiary/aromatic N) is 5. The van der Waals surface area contributed by atoms with Crippen molar-refractivity contribution in [1.29, 1.82) is 0 Å². The van der Waals surface area contributed by atoms with E-state index in [1.807, 2.05) is 61.6 Å². The lowest BCUT2D eigenvalue weighted by Crippen LogP contribution is -2.61. The summed E-state index contributed by atoms with van der Waals surface area (Å²) >= 11 is 0. The van der Waals surface area contributed by atoms with E-state index in [1.165, 1.54) is 17.1 Å². The van der Waals surface area contributed by atoms with Gasteiger partial charge in [-0.2, -0.15) is 0 Å². The number of hydrogen-bond acceptors (Lipinski definition) is 6. The summed E-state index contributed by atoms with van der Waals surface area (Å²) in [5.41, 5.74) is 1.75.